The summed E-state index contributed by atoms with van der Waals surface area (Å²) in [7, 11) is 1.97. The Morgan fingerprint density at radius 1 is 1.50 bits per heavy atom. The van der Waals surface area contributed by atoms with Gasteiger partial charge in [0.1, 0.15) is 5.75 Å². The summed E-state index contributed by atoms with van der Waals surface area (Å²) in [5.41, 5.74) is 7.44. The summed E-state index contributed by atoms with van der Waals surface area (Å²) in [5.74, 6) is 0.584. The molecule has 5 nitrogen and oxygen atoms in total. The fourth-order valence-electron chi connectivity index (χ4n) is 2.01. The first-order chi connectivity index (χ1) is 8.35. The van der Waals surface area contributed by atoms with E-state index in [9.17, 15) is 4.79 Å². The van der Waals surface area contributed by atoms with Crippen LogP contribution < -0.4 is 20.7 Å². The maximum Gasteiger partial charge on any atom is 0.262 e. The minimum absolute atomic E-state index is 0.0814. The molecule has 3 N–H and O–H groups in total. The van der Waals surface area contributed by atoms with Crippen molar-refractivity contribution in [3.63, 3.8) is 0 Å². The molecule has 1 aliphatic heterocycles. The summed E-state index contributed by atoms with van der Waals surface area (Å²) in [6.45, 7) is 4.76. The second-order valence-corrected chi connectivity index (χ2v) is 5.36. The molecule has 1 amide bonds. The average Bonchev–Trinajstić information content (AvgIpc) is 2.25. The molecule has 0 saturated heterocycles. The highest BCUT2D eigenvalue weighted by Gasteiger charge is 2.19. The molecule has 0 fully saturated rings. The number of nitrogens with two attached hydrogens (primary N) is 1. The summed E-state index contributed by atoms with van der Waals surface area (Å²) in [6.07, 6.45) is 0. The van der Waals surface area contributed by atoms with Crippen molar-refractivity contribution in [1.29, 1.82) is 0 Å². The van der Waals surface area contributed by atoms with E-state index in [1.54, 1.807) is 0 Å². The number of likely N-dealkylation sites (N-methyl/N-ethyl adjacent to an activating group) is 1. The quantitative estimate of drug-likeness (QED) is 0.844. The molecular weight excluding hydrogens is 230 g/mol. The van der Waals surface area contributed by atoms with Crippen molar-refractivity contribution in [2.75, 3.05) is 30.4 Å². The first-order valence-corrected chi connectivity index (χ1v) is 5.92. The van der Waals surface area contributed by atoms with Gasteiger partial charge in [0.15, 0.2) is 6.61 Å². The van der Waals surface area contributed by atoms with E-state index in [4.69, 9.17) is 10.5 Å². The molecular formula is C13H19N3O2. The highest BCUT2D eigenvalue weighted by Crippen LogP contribution is 2.31. The zero-order valence-electron chi connectivity index (χ0n) is 11.0. The molecule has 0 unspecified atom stereocenters. The van der Waals surface area contributed by atoms with Crippen LogP contribution in [-0.2, 0) is 4.79 Å². The first kappa shape index (κ1) is 12.7. The molecule has 0 aromatic heterocycles. The Bertz CT molecular complexity index is 466. The molecule has 0 bridgehead atoms. The van der Waals surface area contributed by atoms with Gasteiger partial charge < -0.3 is 20.7 Å². The molecule has 1 aromatic rings. The number of ether oxygens (including phenoxy) is 1. The second kappa shape index (κ2) is 4.49. The maximum absolute atomic E-state index is 11.3. The SMILES string of the molecule is CN(CC(C)(C)N)c1ccc2c(c1)NC(=O)CO2. The van der Waals surface area contributed by atoms with E-state index in [2.05, 4.69) is 10.2 Å². The van der Waals surface area contributed by atoms with Gasteiger partial charge in [0.25, 0.3) is 5.91 Å². The number of hydrogen-bond acceptors (Lipinski definition) is 4. The van der Waals surface area contributed by atoms with Gasteiger partial charge in [0, 0.05) is 24.8 Å². The van der Waals surface area contributed by atoms with E-state index in [1.165, 1.54) is 0 Å². The van der Waals surface area contributed by atoms with Gasteiger partial charge in [-0.05, 0) is 32.0 Å². The number of hydrogen-bond donors (Lipinski definition) is 2. The van der Waals surface area contributed by atoms with Gasteiger partial charge in [-0.25, -0.2) is 0 Å². The van der Waals surface area contributed by atoms with Crippen molar-refractivity contribution in [1.82, 2.24) is 0 Å². The predicted octanol–water partition coefficient (Wildman–Crippen LogP) is 1.19. The van der Waals surface area contributed by atoms with Gasteiger partial charge in [0.2, 0.25) is 0 Å². The normalized spacial score (nSPS) is 14.6. The summed E-state index contributed by atoms with van der Waals surface area (Å²) < 4.78 is 5.32. The monoisotopic (exact) mass is 249 g/mol. The Kier molecular flexibility index (Phi) is 3.17. The Morgan fingerprint density at radius 3 is 2.89 bits per heavy atom. The lowest BCUT2D eigenvalue weighted by Crippen LogP contribution is -2.44. The molecule has 98 valence electrons. The van der Waals surface area contributed by atoms with Crippen LogP contribution in [0.25, 0.3) is 0 Å². The van der Waals surface area contributed by atoms with Crippen molar-refractivity contribution in [3.8, 4) is 5.75 Å². The fraction of sp³-hybridized carbons (Fsp3) is 0.462. The van der Waals surface area contributed by atoms with Gasteiger partial charge in [-0.2, -0.15) is 0 Å². The highest BCUT2D eigenvalue weighted by molar-refractivity contribution is 5.96. The summed E-state index contributed by atoms with van der Waals surface area (Å²) in [5, 5.41) is 2.80. The van der Waals surface area contributed by atoms with Crippen molar-refractivity contribution in [2.45, 2.75) is 19.4 Å². The third-order valence-corrected chi connectivity index (χ3v) is 2.68. The number of benzene rings is 1. The van der Waals surface area contributed by atoms with Gasteiger partial charge in [0.05, 0.1) is 5.69 Å². The predicted molar refractivity (Wildman–Crippen MR) is 72.1 cm³/mol. The number of carbonyl (C=O) groups is 1. The van der Waals surface area contributed by atoms with E-state index < -0.39 is 0 Å². The minimum Gasteiger partial charge on any atom is -0.482 e. The van der Waals surface area contributed by atoms with E-state index >= 15 is 0 Å². The number of fused-ring (bicyclic) bond motifs is 1. The Labute approximate surface area is 107 Å². The highest BCUT2D eigenvalue weighted by atomic mass is 16.5. The Hall–Kier alpha value is -1.75. The van der Waals surface area contributed by atoms with Crippen molar-refractivity contribution in [2.24, 2.45) is 5.73 Å². The van der Waals surface area contributed by atoms with Crippen LogP contribution in [0.3, 0.4) is 0 Å². The molecule has 1 aromatic carbocycles. The molecule has 0 saturated carbocycles. The second-order valence-electron chi connectivity index (χ2n) is 5.36. The van der Waals surface area contributed by atoms with E-state index in [1.807, 2.05) is 39.1 Å². The van der Waals surface area contributed by atoms with Crippen LogP contribution >= 0.6 is 0 Å². The van der Waals surface area contributed by atoms with E-state index in [-0.39, 0.29) is 18.1 Å². The first-order valence-electron chi connectivity index (χ1n) is 5.92. The molecule has 5 heteroatoms. The molecule has 1 aliphatic rings. The standard InChI is InChI=1S/C13H19N3O2/c1-13(2,14)8-16(3)9-4-5-11-10(6-9)15-12(17)7-18-11/h4-6H,7-8,14H2,1-3H3,(H,15,17). The fourth-order valence-corrected chi connectivity index (χ4v) is 2.01. The third kappa shape index (κ3) is 2.92. The summed E-state index contributed by atoms with van der Waals surface area (Å²) in [4.78, 5) is 13.3. The number of nitrogens with one attached hydrogen (secondary N) is 1. The molecule has 0 radical (unpaired) electrons. The van der Waals surface area contributed by atoms with Crippen molar-refractivity contribution < 1.29 is 9.53 Å². The van der Waals surface area contributed by atoms with Crippen LogP contribution in [0.4, 0.5) is 11.4 Å². The lowest BCUT2D eigenvalue weighted by Gasteiger charge is -2.29. The van der Waals surface area contributed by atoms with Gasteiger partial charge in [-0.3, -0.25) is 4.79 Å². The molecule has 0 spiro atoms. The Balaban J connectivity index is 2.20. The van der Waals surface area contributed by atoms with Crippen LogP contribution in [0, 0.1) is 0 Å². The van der Waals surface area contributed by atoms with E-state index in [0.717, 1.165) is 12.2 Å². The summed E-state index contributed by atoms with van der Waals surface area (Å²) in [6, 6.07) is 5.73. The van der Waals surface area contributed by atoms with Crippen LogP contribution in [0.15, 0.2) is 18.2 Å². The van der Waals surface area contributed by atoms with Gasteiger partial charge in [-0.1, -0.05) is 0 Å². The Morgan fingerprint density at radius 2 is 2.22 bits per heavy atom. The average molecular weight is 249 g/mol. The maximum atomic E-state index is 11.3. The smallest absolute Gasteiger partial charge is 0.262 e. The number of amides is 1. The zero-order chi connectivity index (χ0) is 13.3. The lowest BCUT2D eigenvalue weighted by molar-refractivity contribution is -0.118. The van der Waals surface area contributed by atoms with Crippen LogP contribution in [0.2, 0.25) is 0 Å². The molecule has 2 rings (SSSR count). The topological polar surface area (TPSA) is 67.6 Å². The van der Waals surface area contributed by atoms with Crippen LogP contribution in [-0.4, -0.2) is 31.6 Å². The van der Waals surface area contributed by atoms with Gasteiger partial charge in [-0.15, -0.1) is 0 Å². The zero-order valence-corrected chi connectivity index (χ0v) is 11.0. The molecule has 0 aliphatic carbocycles. The van der Waals surface area contributed by atoms with Crippen LogP contribution in [0.1, 0.15) is 13.8 Å². The molecule has 0 atom stereocenters. The summed E-state index contributed by atoms with van der Waals surface area (Å²) >= 11 is 0. The van der Waals surface area contributed by atoms with Crippen LogP contribution in [0.5, 0.6) is 5.75 Å². The number of rotatable bonds is 3. The number of anilines is 2. The van der Waals surface area contributed by atoms with E-state index in [0.29, 0.717) is 11.4 Å². The third-order valence-electron chi connectivity index (χ3n) is 2.68. The minimum atomic E-state index is -0.273. The van der Waals surface area contributed by atoms with Crippen molar-refractivity contribution in [3.05, 3.63) is 18.2 Å². The lowest BCUT2D eigenvalue weighted by atomic mass is 10.1. The number of nitrogens with zero attached hydrogens (tertiary/aromatic N) is 1. The largest absolute Gasteiger partial charge is 0.482 e. The molecule has 18 heavy (non-hydrogen) atoms. The number of carbonyl (C=O) groups excluding carboxylic acids is 1. The van der Waals surface area contributed by atoms with Gasteiger partial charge >= 0.3 is 0 Å². The molecule has 1 heterocycles. The van der Waals surface area contributed by atoms with Crippen molar-refractivity contribution >= 4 is 17.3 Å².